The van der Waals surface area contributed by atoms with Gasteiger partial charge in [0.25, 0.3) is 0 Å². The number of hydrogen-bond acceptors (Lipinski definition) is 6. The van der Waals surface area contributed by atoms with Crippen LogP contribution in [-0.2, 0) is 16.6 Å². The zero-order valence-electron chi connectivity index (χ0n) is 17.2. The third-order valence-electron chi connectivity index (χ3n) is 5.12. The number of nitrogens with one attached hydrogen (secondary N) is 2. The van der Waals surface area contributed by atoms with Crippen LogP contribution in [0, 0.1) is 16.7 Å². The minimum Gasteiger partial charge on any atom is -0.483 e. The van der Waals surface area contributed by atoms with Crippen molar-refractivity contribution in [2.24, 2.45) is 5.73 Å². The summed E-state index contributed by atoms with van der Waals surface area (Å²) in [5.41, 5.74) is 5.42. The SMILES string of the molecule is CC1(C)Oc2c(cccc2S(=O)(=O)N(CC#N)Cc2ccccc2)C(NC(=N)N)C1O. The summed E-state index contributed by atoms with van der Waals surface area (Å²) in [5, 5.41) is 30.2. The van der Waals surface area contributed by atoms with Crippen molar-refractivity contribution in [1.29, 1.82) is 10.7 Å². The zero-order chi connectivity index (χ0) is 22.8. The summed E-state index contributed by atoms with van der Waals surface area (Å²) in [4.78, 5) is -0.119. The number of rotatable bonds is 6. The molecule has 164 valence electrons. The molecule has 1 aliphatic heterocycles. The molecule has 0 fully saturated rings. The van der Waals surface area contributed by atoms with Gasteiger partial charge in [-0.3, -0.25) is 5.41 Å². The first-order valence-electron chi connectivity index (χ1n) is 9.59. The number of nitrogens with two attached hydrogens (primary N) is 1. The normalized spacial score (nSPS) is 19.7. The van der Waals surface area contributed by atoms with E-state index in [1.165, 1.54) is 12.1 Å². The Labute approximate surface area is 181 Å². The topological polar surface area (TPSA) is 153 Å². The maximum Gasteiger partial charge on any atom is 0.248 e. The second-order valence-corrected chi connectivity index (χ2v) is 9.68. The highest BCUT2D eigenvalue weighted by Crippen LogP contribution is 2.44. The van der Waals surface area contributed by atoms with Crippen molar-refractivity contribution in [3.63, 3.8) is 0 Å². The quantitative estimate of drug-likeness (QED) is 0.299. The van der Waals surface area contributed by atoms with E-state index in [9.17, 15) is 18.8 Å². The Morgan fingerprint density at radius 3 is 2.58 bits per heavy atom. The molecule has 3 rings (SSSR count). The maximum absolute atomic E-state index is 13.6. The van der Waals surface area contributed by atoms with Gasteiger partial charge in [-0.25, -0.2) is 8.42 Å². The lowest BCUT2D eigenvalue weighted by molar-refractivity contribution is -0.0630. The predicted octanol–water partition coefficient (Wildman–Crippen LogP) is 1.46. The molecule has 2 aromatic carbocycles. The monoisotopic (exact) mass is 443 g/mol. The minimum absolute atomic E-state index is 0.0154. The molecule has 2 aromatic rings. The number of nitrogens with zero attached hydrogens (tertiary/aromatic N) is 2. The molecule has 10 heteroatoms. The molecule has 0 amide bonds. The fourth-order valence-electron chi connectivity index (χ4n) is 3.54. The molecule has 1 aliphatic rings. The number of sulfonamides is 1. The second-order valence-electron chi connectivity index (χ2n) is 7.78. The number of benzene rings is 2. The van der Waals surface area contributed by atoms with Gasteiger partial charge in [-0.05, 0) is 25.5 Å². The first-order valence-corrected chi connectivity index (χ1v) is 11.0. The second kappa shape index (κ2) is 8.55. The lowest BCUT2D eigenvalue weighted by atomic mass is 9.86. The number of aliphatic hydroxyl groups excluding tert-OH is 1. The Bertz CT molecular complexity index is 1110. The standard InChI is InChI=1S/C21H25N5O4S/c1-21(2)19(27)17(25-20(23)24)15-9-6-10-16(18(15)30-21)31(28,29)26(12-11-22)13-14-7-4-3-5-8-14/h3-10,17,19,27H,12-13H2,1-2H3,(H4,23,24,25). The molecule has 5 N–H and O–H groups in total. The molecular formula is C21H25N5O4S. The summed E-state index contributed by atoms with van der Waals surface area (Å²) in [5.74, 6) is -0.302. The van der Waals surface area contributed by atoms with Crippen LogP contribution in [0.4, 0.5) is 0 Å². The van der Waals surface area contributed by atoms with E-state index in [1.807, 2.05) is 12.1 Å². The Morgan fingerprint density at radius 1 is 1.29 bits per heavy atom. The van der Waals surface area contributed by atoms with Crippen LogP contribution in [0.3, 0.4) is 0 Å². The van der Waals surface area contributed by atoms with Crippen LogP contribution in [0.15, 0.2) is 53.4 Å². The molecule has 2 atom stereocenters. The van der Waals surface area contributed by atoms with E-state index in [-0.39, 0.29) is 29.7 Å². The molecule has 1 heterocycles. The number of hydrogen-bond donors (Lipinski definition) is 4. The molecule has 31 heavy (non-hydrogen) atoms. The molecule has 2 unspecified atom stereocenters. The Morgan fingerprint density at radius 2 is 1.97 bits per heavy atom. The Kier molecular flexibility index (Phi) is 6.22. The molecule has 0 aromatic heterocycles. The highest BCUT2D eigenvalue weighted by Gasteiger charge is 2.45. The number of guanidine groups is 1. The van der Waals surface area contributed by atoms with Crippen LogP contribution in [0.25, 0.3) is 0 Å². The van der Waals surface area contributed by atoms with Gasteiger partial charge in [0, 0.05) is 12.1 Å². The fraction of sp³-hybridized carbons (Fsp3) is 0.333. The molecule has 0 saturated carbocycles. The van der Waals surface area contributed by atoms with Crippen molar-refractivity contribution >= 4 is 16.0 Å². The number of ether oxygens (including phenoxy) is 1. The van der Waals surface area contributed by atoms with E-state index in [0.29, 0.717) is 5.56 Å². The smallest absolute Gasteiger partial charge is 0.248 e. The number of fused-ring (bicyclic) bond motifs is 1. The van der Waals surface area contributed by atoms with Crippen molar-refractivity contribution in [1.82, 2.24) is 9.62 Å². The van der Waals surface area contributed by atoms with Crippen molar-refractivity contribution in [2.75, 3.05) is 6.54 Å². The van der Waals surface area contributed by atoms with Gasteiger partial charge in [0.15, 0.2) is 5.96 Å². The zero-order valence-corrected chi connectivity index (χ0v) is 18.1. The van der Waals surface area contributed by atoms with Crippen molar-refractivity contribution in [3.8, 4) is 11.8 Å². The molecule has 0 radical (unpaired) electrons. The van der Waals surface area contributed by atoms with E-state index in [0.717, 1.165) is 9.87 Å². The molecule has 9 nitrogen and oxygen atoms in total. The van der Waals surface area contributed by atoms with E-state index < -0.39 is 27.8 Å². The summed E-state index contributed by atoms with van der Waals surface area (Å²) in [6.07, 6.45) is -1.10. The van der Waals surface area contributed by atoms with Crippen LogP contribution in [0.5, 0.6) is 5.75 Å². The third kappa shape index (κ3) is 4.49. The molecule has 0 saturated heterocycles. The Balaban J connectivity index is 2.11. The van der Waals surface area contributed by atoms with Gasteiger partial charge < -0.3 is 20.9 Å². The van der Waals surface area contributed by atoms with Crippen LogP contribution in [-0.4, -0.2) is 42.0 Å². The summed E-state index contributed by atoms with van der Waals surface area (Å²) >= 11 is 0. The van der Waals surface area contributed by atoms with Crippen LogP contribution in [0.1, 0.15) is 31.0 Å². The lowest BCUT2D eigenvalue weighted by Crippen LogP contribution is -2.54. The van der Waals surface area contributed by atoms with Crippen LogP contribution >= 0.6 is 0 Å². The van der Waals surface area contributed by atoms with Gasteiger partial charge >= 0.3 is 0 Å². The van der Waals surface area contributed by atoms with Gasteiger partial charge in [0.1, 0.15) is 28.9 Å². The first kappa shape index (κ1) is 22.6. The number of para-hydroxylation sites is 1. The average molecular weight is 444 g/mol. The van der Waals surface area contributed by atoms with Crippen molar-refractivity contribution < 1.29 is 18.3 Å². The average Bonchev–Trinajstić information content (AvgIpc) is 2.71. The van der Waals surface area contributed by atoms with Gasteiger partial charge in [0.2, 0.25) is 10.0 Å². The summed E-state index contributed by atoms with van der Waals surface area (Å²) in [6.45, 7) is 2.91. The minimum atomic E-state index is -4.13. The van der Waals surface area contributed by atoms with Gasteiger partial charge in [0.05, 0.1) is 12.1 Å². The maximum atomic E-state index is 13.6. The highest BCUT2D eigenvalue weighted by atomic mass is 32.2. The highest BCUT2D eigenvalue weighted by molar-refractivity contribution is 7.89. The molecule has 0 aliphatic carbocycles. The van der Waals surface area contributed by atoms with Crippen LogP contribution < -0.4 is 15.8 Å². The van der Waals surface area contributed by atoms with Gasteiger partial charge in [-0.1, -0.05) is 42.5 Å². The third-order valence-corrected chi connectivity index (χ3v) is 6.93. The first-order chi connectivity index (χ1) is 14.6. The summed E-state index contributed by atoms with van der Waals surface area (Å²) in [7, 11) is -4.13. The van der Waals surface area contributed by atoms with Crippen molar-refractivity contribution in [2.45, 2.75) is 43.0 Å². The predicted molar refractivity (Wildman–Crippen MR) is 115 cm³/mol. The number of aliphatic hydroxyl groups is 1. The molecule has 0 bridgehead atoms. The van der Waals surface area contributed by atoms with Crippen molar-refractivity contribution in [3.05, 3.63) is 59.7 Å². The van der Waals surface area contributed by atoms with Crippen LogP contribution in [0.2, 0.25) is 0 Å². The van der Waals surface area contributed by atoms with E-state index in [1.54, 1.807) is 44.2 Å². The van der Waals surface area contributed by atoms with E-state index >= 15 is 0 Å². The van der Waals surface area contributed by atoms with Gasteiger partial charge in [-0.2, -0.15) is 9.57 Å². The largest absolute Gasteiger partial charge is 0.483 e. The summed E-state index contributed by atoms with van der Waals surface area (Å²) in [6, 6.07) is 14.6. The van der Waals surface area contributed by atoms with Gasteiger partial charge in [-0.15, -0.1) is 0 Å². The molecule has 0 spiro atoms. The summed E-state index contributed by atoms with van der Waals surface area (Å²) < 4.78 is 34.2. The lowest BCUT2D eigenvalue weighted by Gasteiger charge is -2.43. The number of nitriles is 1. The fourth-order valence-corrected chi connectivity index (χ4v) is 5.01. The Hall–Kier alpha value is -3.13. The van der Waals surface area contributed by atoms with E-state index in [2.05, 4.69) is 5.32 Å². The van der Waals surface area contributed by atoms with E-state index in [4.69, 9.17) is 15.9 Å². The molecular weight excluding hydrogens is 418 g/mol.